The molecule has 0 aromatic rings. The van der Waals surface area contributed by atoms with E-state index in [0.29, 0.717) is 39.1 Å². The Balaban J connectivity index is 1.92. The number of piperidine rings is 1. The molecule has 2 heterocycles. The van der Waals surface area contributed by atoms with Crippen LogP contribution in [0.15, 0.2) is 0 Å². The third-order valence-corrected chi connectivity index (χ3v) is 3.81. The molecule has 7 heteroatoms. The molecule has 2 rings (SSSR count). The second-order valence-electron chi connectivity index (χ2n) is 5.17. The fourth-order valence-corrected chi connectivity index (χ4v) is 2.56. The van der Waals surface area contributed by atoms with Crippen LogP contribution < -0.4 is 11.1 Å². The number of nitrogens with one attached hydrogen (secondary N) is 1. The van der Waals surface area contributed by atoms with Crippen molar-refractivity contribution in [2.75, 3.05) is 46.4 Å². The highest BCUT2D eigenvalue weighted by Gasteiger charge is 2.51. The van der Waals surface area contributed by atoms with Crippen molar-refractivity contribution in [1.82, 2.24) is 15.1 Å². The Kier molecular flexibility index (Phi) is 4.38. The van der Waals surface area contributed by atoms with Gasteiger partial charge >= 0.3 is 6.03 Å². The van der Waals surface area contributed by atoms with Gasteiger partial charge in [-0.3, -0.25) is 9.69 Å². The number of carbonyl (C=O) groups is 2. The highest BCUT2D eigenvalue weighted by molar-refractivity contribution is 6.07. The minimum atomic E-state index is -0.683. The second kappa shape index (κ2) is 5.85. The van der Waals surface area contributed by atoms with Gasteiger partial charge in [-0.25, -0.2) is 4.79 Å². The second-order valence-corrected chi connectivity index (χ2v) is 5.17. The molecule has 7 nitrogen and oxygen atoms in total. The van der Waals surface area contributed by atoms with Crippen LogP contribution in [0.25, 0.3) is 0 Å². The maximum atomic E-state index is 12.4. The molecule has 0 saturated carbocycles. The zero-order chi connectivity index (χ0) is 13.9. The maximum Gasteiger partial charge on any atom is 0.325 e. The lowest BCUT2D eigenvalue weighted by Gasteiger charge is -2.35. The van der Waals surface area contributed by atoms with Gasteiger partial charge in [0.15, 0.2) is 0 Å². The quantitative estimate of drug-likeness (QED) is 0.493. The number of imide groups is 1. The number of likely N-dealkylation sites (tertiary alicyclic amines) is 1. The lowest BCUT2D eigenvalue weighted by molar-refractivity contribution is -0.133. The molecule has 2 aliphatic heterocycles. The summed E-state index contributed by atoms with van der Waals surface area (Å²) in [4.78, 5) is 27.7. The first kappa shape index (κ1) is 14.2. The van der Waals surface area contributed by atoms with Crippen molar-refractivity contribution in [1.29, 1.82) is 0 Å². The van der Waals surface area contributed by atoms with Crippen molar-refractivity contribution in [2.45, 2.75) is 18.4 Å². The van der Waals surface area contributed by atoms with E-state index in [-0.39, 0.29) is 11.9 Å². The number of ether oxygens (including phenoxy) is 1. The van der Waals surface area contributed by atoms with E-state index in [1.54, 1.807) is 0 Å². The molecule has 0 aromatic heterocycles. The molecule has 2 fully saturated rings. The van der Waals surface area contributed by atoms with Gasteiger partial charge in [-0.2, -0.15) is 0 Å². The van der Waals surface area contributed by atoms with Crippen molar-refractivity contribution in [3.05, 3.63) is 0 Å². The molecule has 2 aliphatic rings. The Morgan fingerprint density at radius 1 is 1.32 bits per heavy atom. The van der Waals surface area contributed by atoms with Gasteiger partial charge in [0.1, 0.15) is 5.54 Å². The number of hydrogen-bond donors (Lipinski definition) is 2. The van der Waals surface area contributed by atoms with Gasteiger partial charge in [0.25, 0.3) is 5.91 Å². The number of rotatable bonds is 5. The largest absolute Gasteiger partial charge is 0.378 e. The van der Waals surface area contributed by atoms with E-state index >= 15 is 0 Å². The predicted molar refractivity (Wildman–Crippen MR) is 69.6 cm³/mol. The van der Waals surface area contributed by atoms with Gasteiger partial charge in [-0.1, -0.05) is 0 Å². The Labute approximate surface area is 113 Å². The molecule has 3 amide bonds. The molecule has 1 spiro atoms. The monoisotopic (exact) mass is 270 g/mol. The highest BCUT2D eigenvalue weighted by Crippen LogP contribution is 2.28. The maximum absolute atomic E-state index is 12.4. The first-order valence-corrected chi connectivity index (χ1v) is 6.69. The first-order chi connectivity index (χ1) is 9.09. The predicted octanol–water partition coefficient (Wildman–Crippen LogP) is -1.02. The molecule has 108 valence electrons. The van der Waals surface area contributed by atoms with Gasteiger partial charge in [0.05, 0.1) is 19.8 Å². The van der Waals surface area contributed by atoms with E-state index in [1.165, 1.54) is 4.90 Å². The number of hydrogen-bond acceptors (Lipinski definition) is 5. The Morgan fingerprint density at radius 2 is 2.00 bits per heavy atom. The molecule has 19 heavy (non-hydrogen) atoms. The lowest BCUT2D eigenvalue weighted by atomic mass is 9.88. The Hall–Kier alpha value is -1.18. The van der Waals surface area contributed by atoms with Crippen LogP contribution in [0.2, 0.25) is 0 Å². The Morgan fingerprint density at radius 3 is 2.63 bits per heavy atom. The minimum Gasteiger partial charge on any atom is -0.378 e. The topological polar surface area (TPSA) is 87.9 Å². The normalized spacial score (nSPS) is 23.2. The lowest BCUT2D eigenvalue weighted by Crippen LogP contribution is -2.54. The van der Waals surface area contributed by atoms with Crippen LogP contribution in [0.3, 0.4) is 0 Å². The average Bonchev–Trinajstić information content (AvgIpc) is 2.62. The van der Waals surface area contributed by atoms with Crippen molar-refractivity contribution >= 4 is 11.9 Å². The zero-order valence-electron chi connectivity index (χ0n) is 11.4. The third kappa shape index (κ3) is 2.88. The van der Waals surface area contributed by atoms with E-state index in [2.05, 4.69) is 10.2 Å². The van der Waals surface area contributed by atoms with E-state index in [0.717, 1.165) is 13.1 Å². The Bertz CT molecular complexity index is 353. The van der Waals surface area contributed by atoms with Crippen molar-refractivity contribution < 1.29 is 14.3 Å². The third-order valence-electron chi connectivity index (χ3n) is 3.81. The molecule has 0 radical (unpaired) electrons. The van der Waals surface area contributed by atoms with Crippen molar-refractivity contribution in [2.24, 2.45) is 5.73 Å². The number of nitrogens with two attached hydrogens (primary N) is 1. The zero-order valence-corrected chi connectivity index (χ0v) is 11.4. The molecule has 0 atom stereocenters. The molecule has 0 aromatic carbocycles. The van der Waals surface area contributed by atoms with Crippen LogP contribution in [0.5, 0.6) is 0 Å². The summed E-state index contributed by atoms with van der Waals surface area (Å²) in [6, 6.07) is -0.300. The fourth-order valence-electron chi connectivity index (χ4n) is 2.56. The van der Waals surface area contributed by atoms with E-state index in [1.807, 2.05) is 7.05 Å². The van der Waals surface area contributed by atoms with Gasteiger partial charge < -0.3 is 20.7 Å². The number of nitrogens with zero attached hydrogens (tertiary/aromatic N) is 2. The highest BCUT2D eigenvalue weighted by atomic mass is 16.5. The van der Waals surface area contributed by atoms with Gasteiger partial charge in [-0.15, -0.1) is 0 Å². The van der Waals surface area contributed by atoms with Crippen LogP contribution in [0, 0.1) is 0 Å². The van der Waals surface area contributed by atoms with Crippen LogP contribution in [-0.4, -0.2) is 73.7 Å². The van der Waals surface area contributed by atoms with E-state index in [4.69, 9.17) is 10.5 Å². The van der Waals surface area contributed by atoms with Crippen molar-refractivity contribution in [3.8, 4) is 0 Å². The van der Waals surface area contributed by atoms with Crippen molar-refractivity contribution in [3.63, 3.8) is 0 Å². The summed E-state index contributed by atoms with van der Waals surface area (Å²) in [6.07, 6.45) is 1.35. The standard InChI is InChI=1S/C12H22N4O3/c1-15-5-2-12(3-6-15)10(17)16(11(18)14-12)7-9-19-8-4-13/h2-9,13H2,1H3,(H,14,18). The number of urea groups is 1. The van der Waals surface area contributed by atoms with E-state index in [9.17, 15) is 9.59 Å². The summed E-state index contributed by atoms with van der Waals surface area (Å²) < 4.78 is 5.23. The molecule has 0 aliphatic carbocycles. The summed E-state index contributed by atoms with van der Waals surface area (Å²) in [5.41, 5.74) is 4.63. The summed E-state index contributed by atoms with van der Waals surface area (Å²) in [6.45, 7) is 3.16. The van der Waals surface area contributed by atoms with E-state index < -0.39 is 5.54 Å². The molecule has 0 unspecified atom stereocenters. The SMILES string of the molecule is CN1CCC2(CC1)NC(=O)N(CCOCCN)C2=O. The molecule has 2 saturated heterocycles. The number of carbonyl (C=O) groups excluding carboxylic acids is 2. The van der Waals surface area contributed by atoms with Crippen LogP contribution in [0.1, 0.15) is 12.8 Å². The summed E-state index contributed by atoms with van der Waals surface area (Å²) in [5.74, 6) is -0.109. The number of amides is 3. The molecule has 0 bridgehead atoms. The van der Waals surface area contributed by atoms with Gasteiger partial charge in [0, 0.05) is 19.6 Å². The summed E-state index contributed by atoms with van der Waals surface area (Å²) >= 11 is 0. The molecule has 3 N–H and O–H groups in total. The first-order valence-electron chi connectivity index (χ1n) is 6.69. The molecular weight excluding hydrogens is 248 g/mol. The summed E-state index contributed by atoms with van der Waals surface area (Å²) in [5, 5.41) is 2.86. The average molecular weight is 270 g/mol. The smallest absolute Gasteiger partial charge is 0.325 e. The van der Waals surface area contributed by atoms with Gasteiger partial charge in [0.2, 0.25) is 0 Å². The minimum absolute atomic E-state index is 0.109. The fraction of sp³-hybridized carbons (Fsp3) is 0.833. The molecular formula is C12H22N4O3. The van der Waals surface area contributed by atoms with Gasteiger partial charge in [-0.05, 0) is 19.9 Å². The van der Waals surface area contributed by atoms with Crippen LogP contribution >= 0.6 is 0 Å². The van der Waals surface area contributed by atoms with Crippen LogP contribution in [0.4, 0.5) is 4.79 Å². The summed E-state index contributed by atoms with van der Waals surface area (Å²) in [7, 11) is 2.02. The van der Waals surface area contributed by atoms with Crippen LogP contribution in [-0.2, 0) is 9.53 Å².